The van der Waals surface area contributed by atoms with Crippen molar-refractivity contribution in [2.24, 2.45) is 5.92 Å². The molecule has 19 heavy (non-hydrogen) atoms. The Morgan fingerprint density at radius 2 is 2.11 bits per heavy atom. The summed E-state index contributed by atoms with van der Waals surface area (Å²) >= 11 is 0. The molecule has 0 bridgehead atoms. The first-order valence-electron chi connectivity index (χ1n) is 7.02. The number of hydrogen-bond acceptors (Lipinski definition) is 3. The molecule has 0 saturated carbocycles. The molecule has 0 aliphatic carbocycles. The Balaban J connectivity index is 2.24. The van der Waals surface area contributed by atoms with Crippen LogP contribution in [0.5, 0.6) is 5.75 Å². The highest BCUT2D eigenvalue weighted by Crippen LogP contribution is 2.35. The van der Waals surface area contributed by atoms with Crippen molar-refractivity contribution < 1.29 is 14.6 Å². The van der Waals surface area contributed by atoms with Gasteiger partial charge in [-0.3, -0.25) is 0 Å². The molecule has 1 aliphatic heterocycles. The lowest BCUT2D eigenvalue weighted by atomic mass is 9.86. The van der Waals surface area contributed by atoms with Gasteiger partial charge in [-0.1, -0.05) is 26.0 Å². The Hall–Kier alpha value is -1.06. The Labute approximate surface area is 115 Å². The van der Waals surface area contributed by atoms with Crippen LogP contribution in [0.2, 0.25) is 0 Å². The average Bonchev–Trinajstić information content (AvgIpc) is 2.37. The molecule has 3 heteroatoms. The van der Waals surface area contributed by atoms with Gasteiger partial charge in [0.15, 0.2) is 0 Å². The highest BCUT2D eigenvalue weighted by molar-refractivity contribution is 5.41. The van der Waals surface area contributed by atoms with E-state index in [-0.39, 0.29) is 12.5 Å². The molecule has 1 aromatic rings. The lowest BCUT2D eigenvalue weighted by Gasteiger charge is -2.30. The van der Waals surface area contributed by atoms with Crippen molar-refractivity contribution in [2.45, 2.75) is 32.1 Å². The van der Waals surface area contributed by atoms with Gasteiger partial charge in [-0.05, 0) is 29.5 Å². The van der Waals surface area contributed by atoms with Crippen LogP contribution in [0.3, 0.4) is 0 Å². The Bertz CT molecular complexity index is 410. The van der Waals surface area contributed by atoms with Crippen molar-refractivity contribution in [3.05, 3.63) is 29.3 Å². The van der Waals surface area contributed by atoms with Crippen molar-refractivity contribution in [2.75, 3.05) is 26.9 Å². The molecule has 0 spiro atoms. The van der Waals surface area contributed by atoms with Crippen molar-refractivity contribution in [1.82, 2.24) is 0 Å². The largest absolute Gasteiger partial charge is 0.496 e. The summed E-state index contributed by atoms with van der Waals surface area (Å²) in [7, 11) is 1.69. The van der Waals surface area contributed by atoms with Crippen LogP contribution in [0.1, 0.15) is 43.2 Å². The fourth-order valence-corrected chi connectivity index (χ4v) is 2.55. The summed E-state index contributed by atoms with van der Waals surface area (Å²) in [6.45, 7) is 6.17. The minimum Gasteiger partial charge on any atom is -0.496 e. The second-order valence-corrected chi connectivity index (χ2v) is 5.67. The topological polar surface area (TPSA) is 38.7 Å². The monoisotopic (exact) mass is 264 g/mol. The second-order valence-electron chi connectivity index (χ2n) is 5.67. The molecule has 1 atom stereocenters. The van der Waals surface area contributed by atoms with Crippen molar-refractivity contribution >= 4 is 0 Å². The number of methoxy groups -OCH3 is 1. The fraction of sp³-hybridized carbons (Fsp3) is 0.625. The average molecular weight is 264 g/mol. The van der Waals surface area contributed by atoms with Gasteiger partial charge in [0.25, 0.3) is 0 Å². The van der Waals surface area contributed by atoms with Gasteiger partial charge in [0.1, 0.15) is 5.75 Å². The highest BCUT2D eigenvalue weighted by Gasteiger charge is 2.25. The van der Waals surface area contributed by atoms with Gasteiger partial charge in [0.2, 0.25) is 0 Å². The summed E-state index contributed by atoms with van der Waals surface area (Å²) in [5.41, 5.74) is 2.42. The number of benzene rings is 1. The summed E-state index contributed by atoms with van der Waals surface area (Å²) in [6, 6.07) is 6.31. The van der Waals surface area contributed by atoms with E-state index in [1.165, 1.54) is 5.56 Å². The van der Waals surface area contributed by atoms with Gasteiger partial charge in [-0.2, -0.15) is 0 Å². The number of aliphatic hydroxyl groups excluding tert-OH is 1. The van der Waals surface area contributed by atoms with E-state index in [1.54, 1.807) is 7.11 Å². The number of hydrogen-bond donors (Lipinski definition) is 1. The zero-order valence-electron chi connectivity index (χ0n) is 12.1. The van der Waals surface area contributed by atoms with Crippen LogP contribution in [0.15, 0.2) is 18.2 Å². The summed E-state index contributed by atoms with van der Waals surface area (Å²) in [6.07, 6.45) is 0.967. The van der Waals surface area contributed by atoms with Gasteiger partial charge in [0.05, 0.1) is 26.9 Å². The van der Waals surface area contributed by atoms with E-state index in [4.69, 9.17) is 9.47 Å². The lowest BCUT2D eigenvalue weighted by Crippen LogP contribution is -2.29. The van der Waals surface area contributed by atoms with Crippen LogP contribution in [0.25, 0.3) is 0 Å². The maximum absolute atomic E-state index is 9.70. The van der Waals surface area contributed by atoms with Crippen molar-refractivity contribution in [3.63, 3.8) is 0 Å². The highest BCUT2D eigenvalue weighted by atomic mass is 16.5. The minimum absolute atomic E-state index is 0.141. The number of ether oxygens (including phenoxy) is 2. The molecule has 3 nitrogen and oxygen atoms in total. The van der Waals surface area contributed by atoms with Gasteiger partial charge in [0, 0.05) is 11.8 Å². The molecule has 0 amide bonds. The predicted molar refractivity (Wildman–Crippen MR) is 75.8 cm³/mol. The van der Waals surface area contributed by atoms with E-state index in [2.05, 4.69) is 26.0 Å². The third kappa shape index (κ3) is 3.28. The lowest BCUT2D eigenvalue weighted by molar-refractivity contribution is -0.0406. The first-order chi connectivity index (χ1) is 9.15. The molecule has 1 N–H and O–H groups in total. The van der Waals surface area contributed by atoms with Crippen LogP contribution < -0.4 is 4.74 Å². The van der Waals surface area contributed by atoms with Gasteiger partial charge in [-0.15, -0.1) is 0 Å². The van der Waals surface area contributed by atoms with E-state index in [9.17, 15) is 5.11 Å². The molecule has 1 saturated heterocycles. The van der Waals surface area contributed by atoms with Crippen LogP contribution in [0.4, 0.5) is 0 Å². The number of aliphatic hydroxyl groups is 1. The second kappa shape index (κ2) is 6.40. The Kier molecular flexibility index (Phi) is 4.83. The van der Waals surface area contributed by atoms with Crippen molar-refractivity contribution in [1.29, 1.82) is 0 Å². The zero-order valence-corrected chi connectivity index (χ0v) is 12.1. The third-order valence-electron chi connectivity index (χ3n) is 3.91. The van der Waals surface area contributed by atoms with Crippen LogP contribution >= 0.6 is 0 Å². The Morgan fingerprint density at radius 1 is 1.37 bits per heavy atom. The van der Waals surface area contributed by atoms with Gasteiger partial charge in [-0.25, -0.2) is 0 Å². The van der Waals surface area contributed by atoms with E-state index in [0.29, 0.717) is 11.8 Å². The molecule has 1 heterocycles. The molecule has 1 unspecified atom stereocenters. The van der Waals surface area contributed by atoms with E-state index >= 15 is 0 Å². The normalized spacial score (nSPS) is 17.3. The van der Waals surface area contributed by atoms with Crippen LogP contribution in [0, 0.1) is 5.92 Å². The third-order valence-corrected chi connectivity index (χ3v) is 3.91. The fourth-order valence-electron chi connectivity index (χ4n) is 2.55. The molecule has 1 aliphatic rings. The molecular weight excluding hydrogens is 240 g/mol. The molecule has 0 radical (unpaired) electrons. The zero-order chi connectivity index (χ0) is 13.8. The van der Waals surface area contributed by atoms with E-state index < -0.39 is 0 Å². The molecule has 2 rings (SSSR count). The van der Waals surface area contributed by atoms with Crippen LogP contribution in [-0.2, 0) is 4.74 Å². The first-order valence-corrected chi connectivity index (χ1v) is 7.02. The quantitative estimate of drug-likeness (QED) is 0.858. The molecule has 1 fully saturated rings. The first kappa shape index (κ1) is 14.4. The van der Waals surface area contributed by atoms with E-state index in [0.717, 1.165) is 30.9 Å². The molecule has 106 valence electrons. The summed E-state index contributed by atoms with van der Waals surface area (Å²) in [5, 5.41) is 9.70. The maximum atomic E-state index is 9.70. The predicted octanol–water partition coefficient (Wildman–Crippen LogP) is 2.93. The molecule has 0 aromatic heterocycles. The maximum Gasteiger partial charge on any atom is 0.122 e. The van der Waals surface area contributed by atoms with Gasteiger partial charge < -0.3 is 14.6 Å². The van der Waals surface area contributed by atoms with E-state index in [1.807, 2.05) is 6.07 Å². The smallest absolute Gasteiger partial charge is 0.122 e. The summed E-state index contributed by atoms with van der Waals surface area (Å²) < 4.78 is 10.7. The Morgan fingerprint density at radius 3 is 2.58 bits per heavy atom. The SMILES string of the molecule is COc1ccc(C(C)C)cc1C(CO)CC1COC1. The molecular formula is C16H24O3. The van der Waals surface area contributed by atoms with Crippen molar-refractivity contribution in [3.8, 4) is 5.75 Å². The summed E-state index contributed by atoms with van der Waals surface area (Å²) in [4.78, 5) is 0. The van der Waals surface area contributed by atoms with Crippen LogP contribution in [-0.4, -0.2) is 32.0 Å². The molecule has 1 aromatic carbocycles. The minimum atomic E-state index is 0.141. The standard InChI is InChI=1S/C16H24O3/c1-11(2)13-4-5-16(18-3)15(7-13)14(8-17)6-12-9-19-10-12/h4-5,7,11-12,14,17H,6,8-10H2,1-3H3. The summed E-state index contributed by atoms with van der Waals surface area (Å²) in [5.74, 6) is 2.08. The number of rotatable bonds is 6. The van der Waals surface area contributed by atoms with Gasteiger partial charge >= 0.3 is 0 Å².